The highest BCUT2D eigenvalue weighted by molar-refractivity contribution is 7.52. The van der Waals surface area contributed by atoms with Gasteiger partial charge in [0.1, 0.15) is 30.1 Å². The number of hydrogen-bond acceptors (Lipinski definition) is 10. The van der Waals surface area contributed by atoms with Crippen LogP contribution in [0.1, 0.15) is 39.6 Å². The molecule has 0 saturated carbocycles. The maximum absolute atomic E-state index is 16.1. The number of hydrogen-bond donors (Lipinski definition) is 3. The summed E-state index contributed by atoms with van der Waals surface area (Å²) in [6.07, 6.45) is -3.21. The number of halogens is 1. The smallest absolute Gasteiger partial charge is 0.459 e. The Morgan fingerprint density at radius 3 is 2.59 bits per heavy atom. The molecule has 6 atom stereocenters. The van der Waals surface area contributed by atoms with E-state index in [4.69, 9.17) is 18.5 Å². The average molecular weight is 594 g/mol. The Bertz CT molecular complexity index is 1530. The van der Waals surface area contributed by atoms with E-state index in [2.05, 4.69) is 10.1 Å². The van der Waals surface area contributed by atoms with E-state index < -0.39 is 61.9 Å². The first-order chi connectivity index (χ1) is 19.1. The van der Waals surface area contributed by atoms with Crippen molar-refractivity contribution in [1.82, 2.24) is 14.6 Å². The molecule has 3 N–H and O–H groups in total. The number of benzene rings is 2. The van der Waals surface area contributed by atoms with Crippen molar-refractivity contribution in [3.8, 4) is 5.75 Å². The molecule has 1 saturated heterocycles. The molecule has 2 aromatic carbocycles. The van der Waals surface area contributed by atoms with Crippen molar-refractivity contribution in [1.29, 1.82) is 0 Å². The molecular formula is C27H33FN3O9P. The van der Waals surface area contributed by atoms with Crippen molar-refractivity contribution >= 4 is 24.5 Å². The molecule has 4 rings (SSSR count). The molecule has 0 aliphatic carbocycles. The summed E-state index contributed by atoms with van der Waals surface area (Å²) in [6.45, 7) is 6.05. The third-order valence-corrected chi connectivity index (χ3v) is 8.06. The summed E-state index contributed by atoms with van der Waals surface area (Å²) in [7, 11) is -4.61. The number of rotatable bonds is 10. The number of aliphatic hydroxyl groups excluding tert-OH is 1. The second-order valence-corrected chi connectivity index (χ2v) is 12.0. The maximum atomic E-state index is 16.1. The summed E-state index contributed by atoms with van der Waals surface area (Å²) >= 11 is 0. The zero-order valence-electron chi connectivity index (χ0n) is 23.2. The second kappa shape index (κ2) is 11.6. The van der Waals surface area contributed by atoms with Gasteiger partial charge in [-0.25, -0.2) is 13.8 Å². The minimum Gasteiger partial charge on any atom is -0.462 e. The van der Waals surface area contributed by atoms with Gasteiger partial charge in [-0.05, 0) is 52.1 Å². The number of nitrogens with zero attached hydrogens (tertiary/aromatic N) is 2. The van der Waals surface area contributed by atoms with Crippen molar-refractivity contribution in [2.75, 3.05) is 6.61 Å². The lowest BCUT2D eigenvalue weighted by molar-refractivity contribution is -0.204. The van der Waals surface area contributed by atoms with E-state index in [1.165, 1.54) is 25.3 Å². The van der Waals surface area contributed by atoms with Crippen molar-refractivity contribution in [3.05, 3.63) is 70.9 Å². The zero-order chi connectivity index (χ0) is 30.2. The van der Waals surface area contributed by atoms with E-state index >= 15 is 4.39 Å². The first-order valence-corrected chi connectivity index (χ1v) is 14.4. The normalized spacial score (nSPS) is 26.6. The SMILES string of the molecule is Cc1ccn([C@@H]2O[C@](F)(CO[P@@](=O)(N[C@@H](C)C(=O)OC(C)C)Oc3cccc4ccccc34)[C@@H](O)[C@@]2(C)O)c(=O)n1. The molecule has 0 amide bonds. The lowest BCUT2D eigenvalue weighted by Gasteiger charge is -2.29. The summed E-state index contributed by atoms with van der Waals surface area (Å²) in [5.74, 6) is -3.84. The number of aromatic nitrogens is 2. The highest BCUT2D eigenvalue weighted by atomic mass is 31.2. The molecule has 222 valence electrons. The minimum absolute atomic E-state index is 0.103. The lowest BCUT2D eigenvalue weighted by atomic mass is 9.95. The Morgan fingerprint density at radius 2 is 1.90 bits per heavy atom. The van der Waals surface area contributed by atoms with Crippen LogP contribution in [0.3, 0.4) is 0 Å². The molecule has 1 fully saturated rings. The van der Waals surface area contributed by atoms with E-state index in [0.29, 0.717) is 11.1 Å². The largest absolute Gasteiger partial charge is 0.462 e. The molecule has 0 unspecified atom stereocenters. The van der Waals surface area contributed by atoms with Crippen LogP contribution in [0.25, 0.3) is 10.8 Å². The fourth-order valence-electron chi connectivity index (χ4n) is 4.36. The summed E-state index contributed by atoms with van der Waals surface area (Å²) in [5, 5.41) is 25.5. The van der Waals surface area contributed by atoms with Gasteiger partial charge in [-0.3, -0.25) is 13.9 Å². The summed E-state index contributed by atoms with van der Waals surface area (Å²) in [6, 6.07) is 12.2. The molecule has 41 heavy (non-hydrogen) atoms. The highest BCUT2D eigenvalue weighted by Crippen LogP contribution is 2.51. The molecule has 1 aliphatic rings. The van der Waals surface area contributed by atoms with Crippen LogP contribution in [0, 0.1) is 6.92 Å². The summed E-state index contributed by atoms with van der Waals surface area (Å²) < 4.78 is 52.7. The summed E-state index contributed by atoms with van der Waals surface area (Å²) in [4.78, 5) is 28.7. The van der Waals surface area contributed by atoms with Gasteiger partial charge in [-0.1, -0.05) is 36.4 Å². The molecule has 1 aliphatic heterocycles. The van der Waals surface area contributed by atoms with Crippen LogP contribution in [0.15, 0.2) is 59.5 Å². The van der Waals surface area contributed by atoms with Crippen molar-refractivity contribution < 1.29 is 42.5 Å². The lowest BCUT2D eigenvalue weighted by Crippen LogP contribution is -2.50. The number of aliphatic hydroxyl groups is 2. The maximum Gasteiger partial charge on any atom is 0.459 e. The van der Waals surface area contributed by atoms with Crippen LogP contribution in [0.4, 0.5) is 4.39 Å². The molecule has 2 heterocycles. The third-order valence-electron chi connectivity index (χ3n) is 6.45. The predicted molar refractivity (Wildman–Crippen MR) is 146 cm³/mol. The van der Waals surface area contributed by atoms with E-state index in [1.54, 1.807) is 57.2 Å². The van der Waals surface area contributed by atoms with E-state index in [1.807, 2.05) is 0 Å². The molecule has 0 radical (unpaired) electrons. The number of nitrogens with one attached hydrogen (secondary N) is 1. The van der Waals surface area contributed by atoms with Gasteiger partial charge in [0.25, 0.3) is 5.85 Å². The number of aryl methyl sites for hydroxylation is 1. The van der Waals surface area contributed by atoms with Crippen LogP contribution >= 0.6 is 7.75 Å². The average Bonchev–Trinajstić information content (AvgIpc) is 3.07. The van der Waals surface area contributed by atoms with Gasteiger partial charge in [0.15, 0.2) is 6.23 Å². The Balaban J connectivity index is 1.64. The molecule has 14 heteroatoms. The Morgan fingerprint density at radius 1 is 1.22 bits per heavy atom. The quantitative estimate of drug-likeness (QED) is 0.234. The van der Waals surface area contributed by atoms with Gasteiger partial charge in [-0.15, -0.1) is 0 Å². The first kappa shape index (κ1) is 30.8. The van der Waals surface area contributed by atoms with Crippen LogP contribution < -0.4 is 15.3 Å². The fraction of sp³-hybridized carbons (Fsp3) is 0.444. The van der Waals surface area contributed by atoms with Crippen molar-refractivity contribution in [2.24, 2.45) is 0 Å². The first-order valence-electron chi connectivity index (χ1n) is 12.9. The molecule has 12 nitrogen and oxygen atoms in total. The second-order valence-electron chi connectivity index (χ2n) is 10.3. The van der Waals surface area contributed by atoms with Gasteiger partial charge in [-0.2, -0.15) is 10.1 Å². The van der Waals surface area contributed by atoms with Crippen LogP contribution in [-0.4, -0.2) is 62.0 Å². The van der Waals surface area contributed by atoms with Gasteiger partial charge in [0.05, 0.1) is 6.10 Å². The van der Waals surface area contributed by atoms with E-state index in [9.17, 15) is 24.4 Å². The number of ether oxygens (including phenoxy) is 2. The van der Waals surface area contributed by atoms with E-state index in [0.717, 1.165) is 16.9 Å². The Hall–Kier alpha value is -3.19. The number of alkyl halides is 1. The molecule has 3 aromatic rings. The van der Waals surface area contributed by atoms with Crippen LogP contribution in [-0.2, 0) is 23.4 Å². The van der Waals surface area contributed by atoms with Gasteiger partial charge in [0.2, 0.25) is 0 Å². The zero-order valence-corrected chi connectivity index (χ0v) is 24.1. The number of carbonyl (C=O) groups excluding carboxylic acids is 1. The van der Waals surface area contributed by atoms with Gasteiger partial charge in [0, 0.05) is 17.3 Å². The predicted octanol–water partition coefficient (Wildman–Crippen LogP) is 3.14. The topological polar surface area (TPSA) is 158 Å². The summed E-state index contributed by atoms with van der Waals surface area (Å²) in [5.41, 5.74) is -2.81. The van der Waals surface area contributed by atoms with Crippen LogP contribution in [0.5, 0.6) is 5.75 Å². The minimum atomic E-state index is -4.61. The molecule has 1 aromatic heterocycles. The Kier molecular flexibility index (Phi) is 8.70. The fourth-order valence-corrected chi connectivity index (χ4v) is 5.88. The standard InChI is InChI=1S/C27H33FN3O9P/c1-16(2)38-22(32)18(4)30-41(36,40-21-12-8-10-19-9-6-7-11-20(19)21)37-15-27(28)23(33)26(5,35)24(39-27)31-14-13-17(3)29-25(31)34/h6-14,16,18,23-24,33,35H,15H2,1-5H3,(H,30,36)/t18-,23-,24+,26+,27+,41-/m0/s1. The number of fused-ring (bicyclic) bond motifs is 1. The number of carbonyl (C=O) groups is 1. The molecule has 0 spiro atoms. The third kappa shape index (κ3) is 6.50. The molecule has 0 bridgehead atoms. The van der Waals surface area contributed by atoms with Gasteiger partial charge >= 0.3 is 19.4 Å². The monoisotopic (exact) mass is 593 g/mol. The van der Waals surface area contributed by atoms with Crippen molar-refractivity contribution in [2.45, 2.75) is 70.6 Å². The number of esters is 1. The Labute approximate surface area is 235 Å². The van der Waals surface area contributed by atoms with Crippen LogP contribution in [0.2, 0.25) is 0 Å². The van der Waals surface area contributed by atoms with Crippen molar-refractivity contribution in [3.63, 3.8) is 0 Å². The van der Waals surface area contributed by atoms with E-state index in [-0.39, 0.29) is 5.75 Å². The highest BCUT2D eigenvalue weighted by Gasteiger charge is 2.64. The van der Waals surface area contributed by atoms with Gasteiger partial charge < -0.3 is 24.2 Å². The molecular weight excluding hydrogens is 560 g/mol.